The highest BCUT2D eigenvalue weighted by atomic mass is 35.5. The molecule has 23 heavy (non-hydrogen) atoms. The number of allylic oxidation sites excluding steroid dienone is 1. The van der Waals surface area contributed by atoms with Crippen LogP contribution in [0.4, 0.5) is 0 Å². The van der Waals surface area contributed by atoms with Crippen LogP contribution in [0.1, 0.15) is 16.7 Å². The number of methoxy groups -OCH3 is 1. The fraction of sp³-hybridized carbons (Fsp3) is 0.167. The zero-order chi connectivity index (χ0) is 16.8. The lowest BCUT2D eigenvalue weighted by atomic mass is 10.1. The van der Waals surface area contributed by atoms with Gasteiger partial charge < -0.3 is 9.47 Å². The van der Waals surface area contributed by atoms with Gasteiger partial charge in [-0.15, -0.1) is 0 Å². The lowest BCUT2D eigenvalue weighted by Gasteiger charge is -2.14. The second-order valence-corrected chi connectivity index (χ2v) is 5.67. The van der Waals surface area contributed by atoms with Crippen LogP contribution in [0, 0.1) is 6.92 Å². The van der Waals surface area contributed by atoms with Gasteiger partial charge in [-0.1, -0.05) is 35.9 Å². The van der Waals surface area contributed by atoms with Crippen LogP contribution in [-0.4, -0.2) is 12.4 Å². The Morgan fingerprint density at radius 2 is 2.00 bits per heavy atom. The molecule has 0 saturated heterocycles. The standard InChI is InChI=1S/C18H16Cl2O3/c1-12-5-3-4-6-14(12)11-23-18-15(19)9-13(7-8-17(20)21)10-16(18)22-2/h3-10H,11H2,1-2H3/b8-7+. The third-order valence-electron chi connectivity index (χ3n) is 3.29. The first-order valence-corrected chi connectivity index (χ1v) is 7.69. The number of carbonyl (C=O) groups is 1. The molecule has 0 aliphatic carbocycles. The molecule has 0 heterocycles. The number of carbonyl (C=O) groups excluding carboxylic acids is 1. The predicted octanol–water partition coefficient (Wildman–Crippen LogP) is 5.01. The van der Waals surface area contributed by atoms with Gasteiger partial charge in [0.05, 0.1) is 12.1 Å². The summed E-state index contributed by atoms with van der Waals surface area (Å²) in [6, 6.07) is 11.4. The average molecular weight is 351 g/mol. The maximum Gasteiger partial charge on any atom is 0.245 e. The van der Waals surface area contributed by atoms with Gasteiger partial charge in [-0.2, -0.15) is 0 Å². The molecule has 3 nitrogen and oxygen atoms in total. The van der Waals surface area contributed by atoms with E-state index in [0.717, 1.165) is 11.1 Å². The Kier molecular flexibility index (Phi) is 6.08. The van der Waals surface area contributed by atoms with Crippen molar-refractivity contribution in [1.29, 1.82) is 0 Å². The summed E-state index contributed by atoms with van der Waals surface area (Å²) < 4.78 is 11.2. The quantitative estimate of drug-likeness (QED) is 0.542. The molecule has 120 valence electrons. The Bertz CT molecular complexity index is 739. The van der Waals surface area contributed by atoms with E-state index in [9.17, 15) is 4.79 Å². The van der Waals surface area contributed by atoms with Crippen LogP contribution in [0.5, 0.6) is 11.5 Å². The molecular formula is C18H16Cl2O3. The normalized spacial score (nSPS) is 10.8. The molecule has 0 saturated carbocycles. The van der Waals surface area contributed by atoms with Crippen molar-refractivity contribution in [3.05, 3.63) is 64.2 Å². The Morgan fingerprint density at radius 1 is 1.26 bits per heavy atom. The zero-order valence-corrected chi connectivity index (χ0v) is 14.3. The predicted molar refractivity (Wildman–Crippen MR) is 93.4 cm³/mol. The van der Waals surface area contributed by atoms with Gasteiger partial charge in [0, 0.05) is 0 Å². The van der Waals surface area contributed by atoms with E-state index in [1.54, 1.807) is 18.2 Å². The van der Waals surface area contributed by atoms with E-state index in [1.165, 1.54) is 13.2 Å². The summed E-state index contributed by atoms with van der Waals surface area (Å²) in [5.41, 5.74) is 2.91. The number of hydrogen-bond acceptors (Lipinski definition) is 3. The van der Waals surface area contributed by atoms with E-state index in [4.69, 9.17) is 32.7 Å². The van der Waals surface area contributed by atoms with Crippen molar-refractivity contribution in [2.45, 2.75) is 13.5 Å². The Hall–Kier alpha value is -1.97. The van der Waals surface area contributed by atoms with E-state index in [1.807, 2.05) is 31.2 Å². The third-order valence-corrected chi connectivity index (χ3v) is 3.70. The average Bonchev–Trinajstić information content (AvgIpc) is 2.52. The molecule has 0 fully saturated rings. The maximum absolute atomic E-state index is 10.8. The SMILES string of the molecule is COc1cc(/C=C/C(=O)Cl)cc(Cl)c1OCc1ccccc1C. The highest BCUT2D eigenvalue weighted by Crippen LogP contribution is 2.37. The van der Waals surface area contributed by atoms with Gasteiger partial charge in [0.25, 0.3) is 0 Å². The van der Waals surface area contributed by atoms with Gasteiger partial charge in [0.2, 0.25) is 5.24 Å². The molecule has 0 bridgehead atoms. The number of ether oxygens (including phenoxy) is 2. The first-order valence-electron chi connectivity index (χ1n) is 6.93. The molecule has 0 spiro atoms. The summed E-state index contributed by atoms with van der Waals surface area (Å²) in [6.45, 7) is 2.41. The molecule has 0 aliphatic heterocycles. The van der Waals surface area contributed by atoms with Crippen LogP contribution >= 0.6 is 23.2 Å². The van der Waals surface area contributed by atoms with E-state index in [0.29, 0.717) is 28.7 Å². The molecule has 0 aliphatic rings. The number of benzene rings is 2. The van der Waals surface area contributed by atoms with Crippen LogP contribution in [0.3, 0.4) is 0 Å². The minimum Gasteiger partial charge on any atom is -0.493 e. The Labute approximate surface area is 145 Å². The minimum atomic E-state index is -0.556. The van der Waals surface area contributed by atoms with Crippen LogP contribution < -0.4 is 9.47 Å². The van der Waals surface area contributed by atoms with Gasteiger partial charge in [0.1, 0.15) is 6.61 Å². The van der Waals surface area contributed by atoms with Crippen molar-refractivity contribution in [2.75, 3.05) is 7.11 Å². The second-order valence-electron chi connectivity index (χ2n) is 4.89. The fourth-order valence-electron chi connectivity index (χ4n) is 2.06. The van der Waals surface area contributed by atoms with E-state index in [2.05, 4.69) is 0 Å². The monoisotopic (exact) mass is 350 g/mol. The summed E-state index contributed by atoms with van der Waals surface area (Å²) >= 11 is 11.6. The number of hydrogen-bond donors (Lipinski definition) is 0. The Morgan fingerprint density at radius 3 is 2.65 bits per heavy atom. The maximum atomic E-state index is 10.8. The largest absolute Gasteiger partial charge is 0.493 e. The topological polar surface area (TPSA) is 35.5 Å². The molecule has 0 atom stereocenters. The van der Waals surface area contributed by atoms with Gasteiger partial charge in [-0.25, -0.2) is 0 Å². The molecule has 0 unspecified atom stereocenters. The third kappa shape index (κ3) is 4.75. The van der Waals surface area contributed by atoms with Gasteiger partial charge in [-0.05, 0) is 59.5 Å². The summed E-state index contributed by atoms with van der Waals surface area (Å²) in [5, 5.41) is -0.153. The summed E-state index contributed by atoms with van der Waals surface area (Å²) in [5.74, 6) is 0.958. The number of aryl methyl sites for hydroxylation is 1. The number of rotatable bonds is 6. The van der Waals surface area contributed by atoms with E-state index >= 15 is 0 Å². The van der Waals surface area contributed by atoms with Crippen molar-refractivity contribution in [3.63, 3.8) is 0 Å². The summed E-state index contributed by atoms with van der Waals surface area (Å²) in [7, 11) is 1.53. The lowest BCUT2D eigenvalue weighted by molar-refractivity contribution is -0.107. The van der Waals surface area contributed by atoms with Crippen molar-refractivity contribution in [2.24, 2.45) is 0 Å². The minimum absolute atomic E-state index is 0.387. The molecule has 2 rings (SSSR count). The molecular weight excluding hydrogens is 335 g/mol. The number of halogens is 2. The molecule has 0 N–H and O–H groups in total. The van der Waals surface area contributed by atoms with Crippen LogP contribution in [0.15, 0.2) is 42.5 Å². The smallest absolute Gasteiger partial charge is 0.245 e. The Balaban J connectivity index is 2.24. The molecule has 0 aromatic heterocycles. The van der Waals surface area contributed by atoms with Crippen molar-refractivity contribution in [3.8, 4) is 11.5 Å². The highest BCUT2D eigenvalue weighted by molar-refractivity contribution is 6.66. The van der Waals surface area contributed by atoms with E-state index < -0.39 is 5.24 Å². The van der Waals surface area contributed by atoms with Gasteiger partial charge >= 0.3 is 0 Å². The first-order chi connectivity index (χ1) is 11.0. The molecule has 2 aromatic carbocycles. The highest BCUT2D eigenvalue weighted by Gasteiger charge is 2.12. The van der Waals surface area contributed by atoms with Gasteiger partial charge in [-0.3, -0.25) is 4.79 Å². The first kappa shape index (κ1) is 17.4. The van der Waals surface area contributed by atoms with Crippen LogP contribution in [0.2, 0.25) is 5.02 Å². The fourth-order valence-corrected chi connectivity index (χ4v) is 2.40. The van der Waals surface area contributed by atoms with Crippen molar-refractivity contribution >= 4 is 34.5 Å². The summed E-state index contributed by atoms with van der Waals surface area (Å²) in [4.78, 5) is 10.8. The molecule has 5 heteroatoms. The second kappa shape index (κ2) is 8.04. The molecule has 2 aromatic rings. The van der Waals surface area contributed by atoms with Crippen molar-refractivity contribution < 1.29 is 14.3 Å². The zero-order valence-electron chi connectivity index (χ0n) is 12.8. The van der Waals surface area contributed by atoms with Gasteiger partial charge in [0.15, 0.2) is 11.5 Å². The lowest BCUT2D eigenvalue weighted by Crippen LogP contribution is -2.00. The van der Waals surface area contributed by atoms with Crippen LogP contribution in [-0.2, 0) is 11.4 Å². The van der Waals surface area contributed by atoms with Crippen molar-refractivity contribution in [1.82, 2.24) is 0 Å². The summed E-state index contributed by atoms with van der Waals surface area (Å²) in [6.07, 6.45) is 2.81. The molecule has 0 radical (unpaired) electrons. The van der Waals surface area contributed by atoms with E-state index in [-0.39, 0.29) is 0 Å². The molecule has 0 amide bonds. The van der Waals surface area contributed by atoms with Crippen LogP contribution in [0.25, 0.3) is 6.08 Å².